The van der Waals surface area contributed by atoms with Gasteiger partial charge in [0.1, 0.15) is 0 Å². The van der Waals surface area contributed by atoms with Crippen molar-refractivity contribution in [2.75, 3.05) is 25.5 Å². The minimum absolute atomic E-state index is 0.140. The molecular weight excluding hydrogens is 228 g/mol. The summed E-state index contributed by atoms with van der Waals surface area (Å²) in [5.41, 5.74) is 1.04. The SMILES string of the molecule is CNC(=O)CN(C)c1c(Cl)cccc1C=O. The van der Waals surface area contributed by atoms with E-state index < -0.39 is 0 Å². The average Bonchev–Trinajstić information content (AvgIpc) is 2.28. The third-order valence-electron chi connectivity index (χ3n) is 2.19. The summed E-state index contributed by atoms with van der Waals surface area (Å²) in [5.74, 6) is -0.140. The van der Waals surface area contributed by atoms with Gasteiger partial charge in [0.25, 0.3) is 0 Å². The van der Waals surface area contributed by atoms with Crippen molar-refractivity contribution >= 4 is 29.5 Å². The fourth-order valence-electron chi connectivity index (χ4n) is 1.40. The van der Waals surface area contributed by atoms with Crippen molar-refractivity contribution in [1.82, 2.24) is 5.32 Å². The molecule has 4 nitrogen and oxygen atoms in total. The van der Waals surface area contributed by atoms with Crippen LogP contribution in [0.3, 0.4) is 0 Å². The van der Waals surface area contributed by atoms with Crippen LogP contribution in [0.4, 0.5) is 5.69 Å². The predicted octanol–water partition coefficient (Wildman–Crippen LogP) is 1.33. The van der Waals surface area contributed by atoms with Gasteiger partial charge in [-0.05, 0) is 12.1 Å². The van der Waals surface area contributed by atoms with Crippen molar-refractivity contribution in [2.45, 2.75) is 0 Å². The highest BCUT2D eigenvalue weighted by molar-refractivity contribution is 6.34. The fraction of sp³-hybridized carbons (Fsp3) is 0.273. The smallest absolute Gasteiger partial charge is 0.239 e. The lowest BCUT2D eigenvalue weighted by Crippen LogP contribution is -2.33. The second-order valence-electron chi connectivity index (χ2n) is 3.32. The first kappa shape index (κ1) is 12.5. The van der Waals surface area contributed by atoms with Crippen molar-refractivity contribution < 1.29 is 9.59 Å². The first-order valence-corrected chi connectivity index (χ1v) is 5.13. The molecule has 1 N–H and O–H groups in total. The van der Waals surface area contributed by atoms with E-state index in [0.29, 0.717) is 16.3 Å². The van der Waals surface area contributed by atoms with Gasteiger partial charge in [-0.1, -0.05) is 17.7 Å². The Morgan fingerprint density at radius 1 is 1.56 bits per heavy atom. The summed E-state index contributed by atoms with van der Waals surface area (Å²) in [6, 6.07) is 5.04. The summed E-state index contributed by atoms with van der Waals surface area (Å²) in [6.07, 6.45) is 0.724. The number of nitrogens with zero attached hydrogens (tertiary/aromatic N) is 1. The van der Waals surface area contributed by atoms with E-state index in [4.69, 9.17) is 11.6 Å². The van der Waals surface area contributed by atoms with Crippen LogP contribution in [-0.4, -0.2) is 32.8 Å². The number of rotatable bonds is 4. The molecule has 5 heteroatoms. The van der Waals surface area contributed by atoms with Gasteiger partial charge in [-0.3, -0.25) is 9.59 Å². The lowest BCUT2D eigenvalue weighted by Gasteiger charge is -2.21. The maximum Gasteiger partial charge on any atom is 0.239 e. The molecule has 0 aliphatic heterocycles. The fourth-order valence-corrected chi connectivity index (χ4v) is 1.73. The molecule has 0 aliphatic carbocycles. The minimum atomic E-state index is -0.140. The number of likely N-dealkylation sites (N-methyl/N-ethyl adjacent to an activating group) is 2. The summed E-state index contributed by atoms with van der Waals surface area (Å²) in [7, 11) is 3.27. The Morgan fingerprint density at radius 3 is 2.81 bits per heavy atom. The molecule has 86 valence electrons. The van der Waals surface area contributed by atoms with Crippen LogP contribution >= 0.6 is 11.6 Å². The quantitative estimate of drug-likeness (QED) is 0.808. The third kappa shape index (κ3) is 2.73. The van der Waals surface area contributed by atoms with E-state index in [9.17, 15) is 9.59 Å². The van der Waals surface area contributed by atoms with E-state index in [1.165, 1.54) is 0 Å². The lowest BCUT2D eigenvalue weighted by molar-refractivity contribution is -0.119. The number of benzene rings is 1. The van der Waals surface area contributed by atoms with Crippen molar-refractivity contribution in [3.05, 3.63) is 28.8 Å². The molecule has 1 amide bonds. The molecule has 0 bridgehead atoms. The minimum Gasteiger partial charge on any atom is -0.364 e. The molecule has 0 heterocycles. The van der Waals surface area contributed by atoms with Gasteiger partial charge in [0.15, 0.2) is 6.29 Å². The molecule has 0 spiro atoms. The number of amides is 1. The first-order valence-electron chi connectivity index (χ1n) is 4.75. The van der Waals surface area contributed by atoms with Gasteiger partial charge in [-0.15, -0.1) is 0 Å². The summed E-state index contributed by atoms with van der Waals surface area (Å²) in [6.45, 7) is 0.154. The number of anilines is 1. The highest BCUT2D eigenvalue weighted by atomic mass is 35.5. The molecule has 0 radical (unpaired) electrons. The van der Waals surface area contributed by atoms with Crippen LogP contribution in [0, 0.1) is 0 Å². The molecule has 0 saturated carbocycles. The van der Waals surface area contributed by atoms with Crippen LogP contribution in [0.15, 0.2) is 18.2 Å². The first-order chi connectivity index (χ1) is 7.60. The standard InChI is InChI=1S/C11H13ClN2O2/c1-13-10(16)6-14(2)11-8(7-15)4-3-5-9(11)12/h3-5,7H,6H2,1-2H3,(H,13,16). The molecule has 0 unspecified atom stereocenters. The van der Waals surface area contributed by atoms with Gasteiger partial charge in [0.2, 0.25) is 5.91 Å². The Kier molecular flexibility index (Phi) is 4.31. The highest BCUT2D eigenvalue weighted by Crippen LogP contribution is 2.27. The Hall–Kier alpha value is -1.55. The monoisotopic (exact) mass is 240 g/mol. The predicted molar refractivity (Wildman–Crippen MR) is 64.2 cm³/mol. The molecule has 1 aromatic rings. The zero-order valence-electron chi connectivity index (χ0n) is 9.16. The van der Waals surface area contributed by atoms with Crippen LogP contribution < -0.4 is 10.2 Å². The summed E-state index contributed by atoms with van der Waals surface area (Å²) < 4.78 is 0. The molecule has 16 heavy (non-hydrogen) atoms. The summed E-state index contributed by atoms with van der Waals surface area (Å²) in [4.78, 5) is 23.7. The Bertz CT molecular complexity index is 407. The number of aldehydes is 1. The van der Waals surface area contributed by atoms with Crippen LogP contribution in [0.25, 0.3) is 0 Å². The van der Waals surface area contributed by atoms with Gasteiger partial charge in [0.05, 0.1) is 17.3 Å². The maximum atomic E-state index is 11.2. The van der Waals surface area contributed by atoms with Gasteiger partial charge < -0.3 is 10.2 Å². The van der Waals surface area contributed by atoms with Crippen LogP contribution in [0.5, 0.6) is 0 Å². The third-order valence-corrected chi connectivity index (χ3v) is 2.49. The van der Waals surface area contributed by atoms with Gasteiger partial charge in [0, 0.05) is 19.7 Å². The van der Waals surface area contributed by atoms with E-state index in [1.807, 2.05) is 0 Å². The van der Waals surface area contributed by atoms with Crippen LogP contribution in [0.1, 0.15) is 10.4 Å². The number of nitrogens with one attached hydrogen (secondary N) is 1. The van der Waals surface area contributed by atoms with Crippen molar-refractivity contribution in [2.24, 2.45) is 0 Å². The normalized spacial score (nSPS) is 9.69. The zero-order chi connectivity index (χ0) is 12.1. The van der Waals surface area contributed by atoms with E-state index in [-0.39, 0.29) is 12.5 Å². The van der Waals surface area contributed by atoms with Gasteiger partial charge >= 0.3 is 0 Å². The van der Waals surface area contributed by atoms with E-state index in [0.717, 1.165) is 6.29 Å². The number of hydrogen-bond donors (Lipinski definition) is 1. The molecule has 0 atom stereocenters. The number of carbonyl (C=O) groups is 2. The van der Waals surface area contributed by atoms with Crippen molar-refractivity contribution in [3.63, 3.8) is 0 Å². The molecule has 1 aromatic carbocycles. The molecule has 0 aliphatic rings. The van der Waals surface area contributed by atoms with Crippen molar-refractivity contribution in [1.29, 1.82) is 0 Å². The molecule has 0 aromatic heterocycles. The summed E-state index contributed by atoms with van der Waals surface area (Å²) >= 11 is 6.00. The number of carbonyl (C=O) groups excluding carboxylic acids is 2. The molecule has 0 fully saturated rings. The van der Waals surface area contributed by atoms with E-state index in [1.54, 1.807) is 37.2 Å². The largest absolute Gasteiger partial charge is 0.364 e. The highest BCUT2D eigenvalue weighted by Gasteiger charge is 2.13. The zero-order valence-corrected chi connectivity index (χ0v) is 9.91. The van der Waals surface area contributed by atoms with E-state index in [2.05, 4.69) is 5.32 Å². The molecule has 0 saturated heterocycles. The maximum absolute atomic E-state index is 11.2. The molecule has 1 rings (SSSR count). The Morgan fingerprint density at radius 2 is 2.25 bits per heavy atom. The van der Waals surface area contributed by atoms with Gasteiger partial charge in [-0.2, -0.15) is 0 Å². The van der Waals surface area contributed by atoms with Crippen LogP contribution in [0.2, 0.25) is 5.02 Å². The topological polar surface area (TPSA) is 49.4 Å². The second kappa shape index (κ2) is 5.51. The number of hydrogen-bond acceptors (Lipinski definition) is 3. The average molecular weight is 241 g/mol. The Labute approximate surface area is 99.2 Å². The van der Waals surface area contributed by atoms with E-state index >= 15 is 0 Å². The second-order valence-corrected chi connectivity index (χ2v) is 3.73. The Balaban J connectivity index is 3.02. The summed E-state index contributed by atoms with van der Waals surface area (Å²) in [5, 5.41) is 2.97. The van der Waals surface area contributed by atoms with Gasteiger partial charge in [-0.25, -0.2) is 0 Å². The number of halogens is 1. The lowest BCUT2D eigenvalue weighted by atomic mass is 10.2. The van der Waals surface area contributed by atoms with Crippen LogP contribution in [-0.2, 0) is 4.79 Å². The number of para-hydroxylation sites is 1. The van der Waals surface area contributed by atoms with Crippen molar-refractivity contribution in [3.8, 4) is 0 Å². The molecular formula is C11H13ClN2O2.